The molecular formula is C12H20N4O4S. The van der Waals surface area contributed by atoms with Crippen molar-refractivity contribution in [2.45, 2.75) is 36.6 Å². The minimum absolute atomic E-state index is 0.118. The van der Waals surface area contributed by atoms with Gasteiger partial charge in [0.15, 0.2) is 5.03 Å². The molecule has 0 radical (unpaired) electrons. The second kappa shape index (κ2) is 6.41. The van der Waals surface area contributed by atoms with Crippen molar-refractivity contribution in [3.05, 3.63) is 11.8 Å². The summed E-state index contributed by atoms with van der Waals surface area (Å²) in [5.41, 5.74) is 0.648. The van der Waals surface area contributed by atoms with Crippen molar-refractivity contribution in [1.82, 2.24) is 20.2 Å². The summed E-state index contributed by atoms with van der Waals surface area (Å²) in [6.45, 7) is 2.15. The van der Waals surface area contributed by atoms with Crippen LogP contribution in [0.15, 0.2) is 11.2 Å². The first-order chi connectivity index (χ1) is 10.1. The molecule has 1 saturated carbocycles. The van der Waals surface area contributed by atoms with Gasteiger partial charge in [-0.3, -0.25) is 5.10 Å². The Labute approximate surface area is 123 Å². The van der Waals surface area contributed by atoms with Crippen LogP contribution in [0.2, 0.25) is 0 Å². The first-order valence-electron chi connectivity index (χ1n) is 7.10. The minimum atomic E-state index is -3.62. The molecule has 1 aliphatic carbocycles. The zero-order chi connectivity index (χ0) is 14.7. The topological polar surface area (TPSA) is 105 Å². The molecule has 2 heterocycles. The van der Waals surface area contributed by atoms with E-state index in [2.05, 4.69) is 20.2 Å². The van der Waals surface area contributed by atoms with E-state index in [1.165, 1.54) is 0 Å². The Kier molecular flexibility index (Phi) is 4.55. The van der Waals surface area contributed by atoms with Crippen molar-refractivity contribution in [3.8, 4) is 0 Å². The highest BCUT2D eigenvalue weighted by atomic mass is 32.2. The predicted octanol–water partition coefficient (Wildman–Crippen LogP) is -0.645. The Balaban J connectivity index is 1.59. The molecule has 3 rings (SSSR count). The van der Waals surface area contributed by atoms with Gasteiger partial charge in [-0.1, -0.05) is 0 Å². The van der Waals surface area contributed by atoms with Crippen LogP contribution in [-0.4, -0.2) is 57.1 Å². The van der Waals surface area contributed by atoms with E-state index in [-0.39, 0.29) is 17.7 Å². The average molecular weight is 316 g/mol. The molecular weight excluding hydrogens is 296 g/mol. The summed E-state index contributed by atoms with van der Waals surface area (Å²) in [4.78, 5) is 0. The Bertz CT molecular complexity index is 564. The fourth-order valence-electron chi connectivity index (χ4n) is 2.13. The van der Waals surface area contributed by atoms with Crippen LogP contribution in [0.1, 0.15) is 18.4 Å². The number of aromatic amines is 1. The second-order valence-corrected chi connectivity index (χ2v) is 7.00. The van der Waals surface area contributed by atoms with E-state index in [9.17, 15) is 8.42 Å². The number of sulfonamides is 1. The molecule has 0 spiro atoms. The van der Waals surface area contributed by atoms with Gasteiger partial charge in [0.25, 0.3) is 10.0 Å². The van der Waals surface area contributed by atoms with E-state index in [0.717, 1.165) is 12.8 Å². The maximum Gasteiger partial charge on any atom is 0.257 e. The second-order valence-electron chi connectivity index (χ2n) is 5.30. The first-order valence-corrected chi connectivity index (χ1v) is 8.58. The van der Waals surface area contributed by atoms with E-state index in [0.29, 0.717) is 38.0 Å². The van der Waals surface area contributed by atoms with Gasteiger partial charge < -0.3 is 14.8 Å². The first kappa shape index (κ1) is 14.9. The molecule has 1 atom stereocenters. The van der Waals surface area contributed by atoms with Gasteiger partial charge in [0.1, 0.15) is 0 Å². The van der Waals surface area contributed by atoms with Crippen molar-refractivity contribution in [1.29, 1.82) is 0 Å². The lowest BCUT2D eigenvalue weighted by molar-refractivity contribution is -0.0847. The molecule has 1 aromatic rings. The van der Waals surface area contributed by atoms with Gasteiger partial charge in [0.05, 0.1) is 32.1 Å². The SMILES string of the molecule is O=S(=O)(NCC1COCCO1)c1[nH]ncc1CNC1CC1. The molecule has 3 N–H and O–H groups in total. The van der Waals surface area contributed by atoms with E-state index < -0.39 is 10.0 Å². The number of nitrogens with zero attached hydrogens (tertiary/aromatic N) is 1. The average Bonchev–Trinajstić information content (AvgIpc) is 3.20. The molecule has 21 heavy (non-hydrogen) atoms. The summed E-state index contributed by atoms with van der Waals surface area (Å²) in [7, 11) is -3.62. The van der Waals surface area contributed by atoms with Crippen LogP contribution in [0, 0.1) is 0 Å². The van der Waals surface area contributed by atoms with Crippen LogP contribution in [0.5, 0.6) is 0 Å². The third-order valence-corrected chi connectivity index (χ3v) is 4.93. The number of aromatic nitrogens is 2. The van der Waals surface area contributed by atoms with Gasteiger partial charge in [-0.2, -0.15) is 5.10 Å². The lowest BCUT2D eigenvalue weighted by Gasteiger charge is -2.22. The zero-order valence-corrected chi connectivity index (χ0v) is 12.5. The summed E-state index contributed by atoms with van der Waals surface area (Å²) in [6, 6.07) is 0.510. The van der Waals surface area contributed by atoms with Crippen molar-refractivity contribution >= 4 is 10.0 Å². The van der Waals surface area contributed by atoms with Gasteiger partial charge in [-0.05, 0) is 12.8 Å². The highest BCUT2D eigenvalue weighted by Gasteiger charge is 2.25. The van der Waals surface area contributed by atoms with Crippen LogP contribution < -0.4 is 10.0 Å². The normalized spacial score (nSPS) is 23.3. The highest BCUT2D eigenvalue weighted by Crippen LogP contribution is 2.20. The van der Waals surface area contributed by atoms with Crippen LogP contribution in [-0.2, 0) is 26.0 Å². The number of hydrogen-bond acceptors (Lipinski definition) is 6. The number of hydrogen-bond donors (Lipinski definition) is 3. The van der Waals surface area contributed by atoms with E-state index >= 15 is 0 Å². The number of rotatable bonds is 7. The maximum absolute atomic E-state index is 12.3. The zero-order valence-electron chi connectivity index (χ0n) is 11.7. The Morgan fingerprint density at radius 1 is 1.38 bits per heavy atom. The minimum Gasteiger partial charge on any atom is -0.376 e. The van der Waals surface area contributed by atoms with Crippen LogP contribution >= 0.6 is 0 Å². The van der Waals surface area contributed by atoms with Crippen molar-refractivity contribution in [2.24, 2.45) is 0 Å². The van der Waals surface area contributed by atoms with Crippen molar-refractivity contribution in [2.75, 3.05) is 26.4 Å². The Morgan fingerprint density at radius 3 is 2.95 bits per heavy atom. The van der Waals surface area contributed by atoms with Crippen molar-refractivity contribution < 1.29 is 17.9 Å². The predicted molar refractivity (Wildman–Crippen MR) is 74.2 cm³/mol. The van der Waals surface area contributed by atoms with Gasteiger partial charge in [0.2, 0.25) is 0 Å². The quantitative estimate of drug-likeness (QED) is 0.618. The number of nitrogens with one attached hydrogen (secondary N) is 3. The van der Waals surface area contributed by atoms with Crippen LogP contribution in [0.3, 0.4) is 0 Å². The van der Waals surface area contributed by atoms with Gasteiger partial charge in [-0.15, -0.1) is 0 Å². The lowest BCUT2D eigenvalue weighted by Crippen LogP contribution is -2.40. The smallest absolute Gasteiger partial charge is 0.257 e. The maximum atomic E-state index is 12.3. The van der Waals surface area contributed by atoms with E-state index in [1.54, 1.807) is 6.20 Å². The van der Waals surface area contributed by atoms with Crippen molar-refractivity contribution in [3.63, 3.8) is 0 Å². The fourth-order valence-corrected chi connectivity index (χ4v) is 3.32. The summed E-state index contributed by atoms with van der Waals surface area (Å²) in [5, 5.41) is 9.80. The molecule has 9 heteroatoms. The monoisotopic (exact) mass is 316 g/mol. The van der Waals surface area contributed by atoms with Crippen LogP contribution in [0.25, 0.3) is 0 Å². The summed E-state index contributed by atoms with van der Waals surface area (Å²) >= 11 is 0. The standard InChI is InChI=1S/C12H20N4O4S/c17-21(18,15-7-11-8-19-3-4-20-11)12-9(6-14-16-12)5-13-10-1-2-10/h6,10-11,13,15H,1-5,7-8H2,(H,14,16). The van der Waals surface area contributed by atoms with Gasteiger partial charge in [0, 0.05) is 24.7 Å². The fraction of sp³-hybridized carbons (Fsp3) is 0.750. The molecule has 2 fully saturated rings. The summed E-state index contributed by atoms with van der Waals surface area (Å²) < 4.78 is 37.8. The van der Waals surface area contributed by atoms with Gasteiger partial charge >= 0.3 is 0 Å². The van der Waals surface area contributed by atoms with E-state index in [4.69, 9.17) is 9.47 Å². The molecule has 0 bridgehead atoms. The Morgan fingerprint density at radius 2 is 2.24 bits per heavy atom. The highest BCUT2D eigenvalue weighted by molar-refractivity contribution is 7.89. The van der Waals surface area contributed by atoms with Crippen LogP contribution in [0.4, 0.5) is 0 Å². The molecule has 118 valence electrons. The molecule has 1 aliphatic heterocycles. The Hall–Kier alpha value is -1.00. The largest absolute Gasteiger partial charge is 0.376 e. The number of ether oxygens (including phenoxy) is 2. The molecule has 2 aliphatic rings. The molecule has 1 saturated heterocycles. The molecule has 1 unspecified atom stereocenters. The van der Waals surface area contributed by atoms with Gasteiger partial charge in [-0.25, -0.2) is 13.1 Å². The third kappa shape index (κ3) is 4.01. The molecule has 0 aromatic carbocycles. The lowest BCUT2D eigenvalue weighted by atomic mass is 10.3. The summed E-state index contributed by atoms with van der Waals surface area (Å²) in [5.74, 6) is 0. The molecule has 0 amide bonds. The third-order valence-electron chi connectivity index (χ3n) is 3.49. The van der Waals surface area contributed by atoms with E-state index in [1.807, 2.05) is 0 Å². The molecule has 8 nitrogen and oxygen atoms in total. The summed E-state index contributed by atoms with van der Waals surface area (Å²) in [6.07, 6.45) is 3.60. The number of H-pyrrole nitrogens is 1. The molecule has 1 aromatic heterocycles.